The van der Waals surface area contributed by atoms with Crippen molar-refractivity contribution in [1.82, 2.24) is 0 Å². The molecule has 4 rings (SSSR count). The fourth-order valence-corrected chi connectivity index (χ4v) is 3.62. The quantitative estimate of drug-likeness (QED) is 0.526. The van der Waals surface area contributed by atoms with E-state index >= 15 is 0 Å². The molecule has 1 aliphatic heterocycles. The van der Waals surface area contributed by atoms with Crippen LogP contribution in [0.15, 0.2) is 78.5 Å². The van der Waals surface area contributed by atoms with E-state index in [0.717, 1.165) is 11.3 Å². The van der Waals surface area contributed by atoms with E-state index in [1.54, 1.807) is 48.5 Å². The van der Waals surface area contributed by atoms with E-state index in [-0.39, 0.29) is 5.70 Å². The lowest BCUT2D eigenvalue weighted by molar-refractivity contribution is -0.120. The fourth-order valence-electron chi connectivity index (χ4n) is 3.49. The summed E-state index contributed by atoms with van der Waals surface area (Å²) in [5.41, 5.74) is 3.40. The number of imide groups is 1. The highest BCUT2D eigenvalue weighted by Gasteiger charge is 2.40. The third-order valence-electron chi connectivity index (χ3n) is 4.91. The Morgan fingerprint density at radius 3 is 2.29 bits per heavy atom. The lowest BCUT2D eigenvalue weighted by Crippen LogP contribution is -2.32. The number of carbonyl (C=O) groups excluding carboxylic acids is 2. The van der Waals surface area contributed by atoms with Gasteiger partial charge in [0.2, 0.25) is 0 Å². The Hall–Kier alpha value is -3.57. The third-order valence-corrected chi connectivity index (χ3v) is 5.16. The zero-order valence-corrected chi connectivity index (χ0v) is 17.9. The molecule has 0 unspecified atom stereocenters. The van der Waals surface area contributed by atoms with Crippen molar-refractivity contribution in [2.45, 2.75) is 13.8 Å². The number of nitrogens with zero attached hydrogens (tertiary/aromatic N) is 1. The Bertz CT molecular complexity index is 1170. The second-order valence-electron chi connectivity index (χ2n) is 7.12. The molecule has 0 spiro atoms. The van der Waals surface area contributed by atoms with Gasteiger partial charge in [0.1, 0.15) is 11.4 Å². The molecule has 0 radical (unpaired) electrons. The number of aryl methyl sites for hydroxylation is 1. The van der Waals surface area contributed by atoms with Gasteiger partial charge in [-0.1, -0.05) is 35.9 Å². The molecule has 2 amide bonds. The molecule has 0 saturated heterocycles. The molecule has 1 N–H and O–H groups in total. The van der Waals surface area contributed by atoms with Gasteiger partial charge >= 0.3 is 0 Å². The smallest absolute Gasteiger partial charge is 0.282 e. The molecule has 3 aromatic carbocycles. The van der Waals surface area contributed by atoms with E-state index in [2.05, 4.69) is 5.32 Å². The monoisotopic (exact) mass is 432 g/mol. The standard InChI is InChI=1S/C25H21ClN2O3/c1-3-31-21-13-11-20(12-14-21)28-24(29)22(17-7-9-18(26)10-8-17)23(25(28)30)27-19-6-4-5-16(2)15-19/h4-15,27H,3H2,1-2H3. The summed E-state index contributed by atoms with van der Waals surface area (Å²) in [7, 11) is 0. The van der Waals surface area contributed by atoms with E-state index in [1.807, 2.05) is 38.1 Å². The molecule has 0 saturated carbocycles. The lowest BCUT2D eigenvalue weighted by atomic mass is 10.0. The number of amides is 2. The van der Waals surface area contributed by atoms with Gasteiger partial charge in [-0.25, -0.2) is 4.90 Å². The van der Waals surface area contributed by atoms with Gasteiger partial charge < -0.3 is 10.1 Å². The van der Waals surface area contributed by atoms with Crippen LogP contribution in [0.1, 0.15) is 18.1 Å². The number of rotatable bonds is 6. The second-order valence-corrected chi connectivity index (χ2v) is 7.56. The average molecular weight is 433 g/mol. The zero-order chi connectivity index (χ0) is 22.0. The Kier molecular flexibility index (Phi) is 5.78. The highest BCUT2D eigenvalue weighted by atomic mass is 35.5. The van der Waals surface area contributed by atoms with Crippen LogP contribution in [0.3, 0.4) is 0 Å². The molecule has 0 aromatic heterocycles. The molecule has 0 bridgehead atoms. The SMILES string of the molecule is CCOc1ccc(N2C(=O)C(Nc3cccc(C)c3)=C(c3ccc(Cl)cc3)C2=O)cc1. The van der Waals surface area contributed by atoms with Crippen LogP contribution in [0, 0.1) is 6.92 Å². The number of hydrogen-bond acceptors (Lipinski definition) is 4. The highest BCUT2D eigenvalue weighted by Crippen LogP contribution is 2.34. The molecule has 1 heterocycles. The van der Waals surface area contributed by atoms with Crippen LogP contribution in [-0.4, -0.2) is 18.4 Å². The van der Waals surface area contributed by atoms with Crippen molar-refractivity contribution in [2.24, 2.45) is 0 Å². The molecular formula is C25H21ClN2O3. The normalized spacial score (nSPS) is 13.7. The maximum atomic E-state index is 13.4. The third kappa shape index (κ3) is 4.18. The minimum absolute atomic E-state index is 0.229. The van der Waals surface area contributed by atoms with Gasteiger partial charge in [-0.15, -0.1) is 0 Å². The largest absolute Gasteiger partial charge is 0.494 e. The summed E-state index contributed by atoms with van der Waals surface area (Å²) in [5.74, 6) is -0.137. The molecule has 156 valence electrons. The van der Waals surface area contributed by atoms with Crippen molar-refractivity contribution >= 4 is 40.4 Å². The van der Waals surface area contributed by atoms with Crippen molar-refractivity contribution in [3.8, 4) is 5.75 Å². The molecule has 6 heteroatoms. The van der Waals surface area contributed by atoms with Gasteiger partial charge in [0.15, 0.2) is 0 Å². The number of nitrogens with one attached hydrogen (secondary N) is 1. The molecule has 0 aliphatic carbocycles. The molecule has 0 fully saturated rings. The summed E-state index contributed by atoms with van der Waals surface area (Å²) in [4.78, 5) is 28.0. The van der Waals surface area contributed by atoms with Crippen molar-refractivity contribution in [3.05, 3.63) is 94.6 Å². The molecule has 5 nitrogen and oxygen atoms in total. The van der Waals surface area contributed by atoms with E-state index in [9.17, 15) is 9.59 Å². The van der Waals surface area contributed by atoms with Crippen molar-refractivity contribution < 1.29 is 14.3 Å². The van der Waals surface area contributed by atoms with Crippen LogP contribution in [0.5, 0.6) is 5.75 Å². The fraction of sp³-hybridized carbons (Fsp3) is 0.120. The Morgan fingerprint density at radius 2 is 1.65 bits per heavy atom. The van der Waals surface area contributed by atoms with Gasteiger partial charge in [0, 0.05) is 10.7 Å². The molecule has 3 aromatic rings. The van der Waals surface area contributed by atoms with Crippen LogP contribution in [0.4, 0.5) is 11.4 Å². The Morgan fingerprint density at radius 1 is 0.935 bits per heavy atom. The number of hydrogen-bond donors (Lipinski definition) is 1. The number of benzene rings is 3. The number of ether oxygens (including phenoxy) is 1. The van der Waals surface area contributed by atoms with Gasteiger partial charge in [-0.05, 0) is 73.5 Å². The van der Waals surface area contributed by atoms with Crippen LogP contribution in [0.2, 0.25) is 5.02 Å². The maximum Gasteiger partial charge on any atom is 0.282 e. The van der Waals surface area contributed by atoms with Crippen molar-refractivity contribution in [1.29, 1.82) is 0 Å². The maximum absolute atomic E-state index is 13.4. The molecule has 0 atom stereocenters. The lowest BCUT2D eigenvalue weighted by Gasteiger charge is -2.16. The van der Waals surface area contributed by atoms with E-state index in [0.29, 0.717) is 34.2 Å². The predicted octanol–water partition coefficient (Wildman–Crippen LogP) is 5.44. The van der Waals surface area contributed by atoms with Gasteiger partial charge in [-0.2, -0.15) is 0 Å². The number of carbonyl (C=O) groups is 2. The second kappa shape index (κ2) is 8.66. The minimum Gasteiger partial charge on any atom is -0.494 e. The van der Waals surface area contributed by atoms with E-state index < -0.39 is 11.8 Å². The number of halogens is 1. The van der Waals surface area contributed by atoms with Gasteiger partial charge in [0.05, 0.1) is 17.9 Å². The summed E-state index contributed by atoms with van der Waals surface area (Å²) < 4.78 is 5.47. The summed E-state index contributed by atoms with van der Waals surface area (Å²) in [5, 5.41) is 3.72. The van der Waals surface area contributed by atoms with Crippen LogP contribution >= 0.6 is 11.6 Å². The first-order valence-electron chi connectivity index (χ1n) is 9.93. The van der Waals surface area contributed by atoms with Crippen molar-refractivity contribution in [3.63, 3.8) is 0 Å². The van der Waals surface area contributed by atoms with E-state index in [4.69, 9.17) is 16.3 Å². The molecule has 31 heavy (non-hydrogen) atoms. The first-order chi connectivity index (χ1) is 15.0. The average Bonchev–Trinajstić information content (AvgIpc) is 2.99. The number of anilines is 2. The van der Waals surface area contributed by atoms with E-state index in [1.165, 1.54) is 4.90 Å². The Labute approximate surface area is 185 Å². The topological polar surface area (TPSA) is 58.6 Å². The zero-order valence-electron chi connectivity index (χ0n) is 17.2. The molecule has 1 aliphatic rings. The summed E-state index contributed by atoms with van der Waals surface area (Å²) in [6, 6.07) is 21.4. The minimum atomic E-state index is -0.416. The molecular weight excluding hydrogens is 412 g/mol. The first kappa shape index (κ1) is 20.7. The first-order valence-corrected chi connectivity index (χ1v) is 10.3. The highest BCUT2D eigenvalue weighted by molar-refractivity contribution is 6.46. The van der Waals surface area contributed by atoms with Crippen LogP contribution in [-0.2, 0) is 9.59 Å². The Balaban J connectivity index is 1.77. The predicted molar refractivity (Wildman–Crippen MR) is 123 cm³/mol. The summed E-state index contributed by atoms with van der Waals surface area (Å²) in [6.07, 6.45) is 0. The van der Waals surface area contributed by atoms with Crippen LogP contribution < -0.4 is 15.0 Å². The summed E-state index contributed by atoms with van der Waals surface area (Å²) in [6.45, 7) is 4.40. The van der Waals surface area contributed by atoms with Crippen LogP contribution in [0.25, 0.3) is 5.57 Å². The summed E-state index contributed by atoms with van der Waals surface area (Å²) >= 11 is 6.03. The van der Waals surface area contributed by atoms with Gasteiger partial charge in [0.25, 0.3) is 11.8 Å². The van der Waals surface area contributed by atoms with Crippen molar-refractivity contribution in [2.75, 3.05) is 16.8 Å². The van der Waals surface area contributed by atoms with Gasteiger partial charge in [-0.3, -0.25) is 9.59 Å².